The Morgan fingerprint density at radius 1 is 1.47 bits per heavy atom. The normalized spacial score (nSPS) is 16.3. The summed E-state index contributed by atoms with van der Waals surface area (Å²) in [6.45, 7) is 2.35. The molecule has 0 aromatic heterocycles. The molecule has 1 fully saturated rings. The van der Waals surface area contributed by atoms with Crippen molar-refractivity contribution in [1.82, 2.24) is 4.90 Å². The molecule has 0 atom stereocenters. The molecule has 0 radical (unpaired) electrons. The molecule has 5 heteroatoms. The van der Waals surface area contributed by atoms with Crippen LogP contribution in [0.25, 0.3) is 0 Å². The van der Waals surface area contributed by atoms with E-state index < -0.39 is 0 Å². The van der Waals surface area contributed by atoms with Gasteiger partial charge in [-0.25, -0.2) is 0 Å². The van der Waals surface area contributed by atoms with Gasteiger partial charge in [-0.15, -0.1) is 0 Å². The molecule has 1 aliphatic rings. The van der Waals surface area contributed by atoms with E-state index in [1.807, 2.05) is 13.1 Å². The Bertz CT molecular complexity index is 459. The van der Waals surface area contributed by atoms with E-state index in [0.717, 1.165) is 37.1 Å². The summed E-state index contributed by atoms with van der Waals surface area (Å²) in [6, 6.07) is 5.36. The van der Waals surface area contributed by atoms with Crippen molar-refractivity contribution in [2.24, 2.45) is 5.92 Å². The number of hydrogen-bond acceptors (Lipinski definition) is 3. The van der Waals surface area contributed by atoms with E-state index in [2.05, 4.69) is 15.9 Å². The Kier molecular flexibility index (Phi) is 4.82. The minimum absolute atomic E-state index is 0.0229. The van der Waals surface area contributed by atoms with Gasteiger partial charge in [0.05, 0.1) is 5.56 Å². The third-order valence-corrected chi connectivity index (χ3v) is 3.96. The van der Waals surface area contributed by atoms with E-state index >= 15 is 0 Å². The standard InChI is InChI=1S/C14H19BrN2O2/c1-17(9-10-4-6-19-7-5-10)14(18)12-8-11(15)2-3-13(12)16/h2-3,8,10H,4-7,9,16H2,1H3. The summed E-state index contributed by atoms with van der Waals surface area (Å²) in [5.74, 6) is 0.501. The van der Waals surface area contributed by atoms with Gasteiger partial charge in [-0.3, -0.25) is 4.79 Å². The van der Waals surface area contributed by atoms with Crippen LogP contribution in [0.2, 0.25) is 0 Å². The summed E-state index contributed by atoms with van der Waals surface area (Å²) >= 11 is 3.37. The van der Waals surface area contributed by atoms with Gasteiger partial charge in [0, 0.05) is 37.0 Å². The molecule has 1 heterocycles. The lowest BCUT2D eigenvalue weighted by Crippen LogP contribution is -2.34. The van der Waals surface area contributed by atoms with Crippen molar-refractivity contribution >= 4 is 27.5 Å². The van der Waals surface area contributed by atoms with E-state index in [4.69, 9.17) is 10.5 Å². The molecule has 2 rings (SSSR count). The number of nitrogens with two attached hydrogens (primary N) is 1. The molecule has 0 unspecified atom stereocenters. The Morgan fingerprint density at radius 3 is 2.84 bits per heavy atom. The van der Waals surface area contributed by atoms with Crippen LogP contribution in [-0.2, 0) is 4.74 Å². The number of hydrogen-bond donors (Lipinski definition) is 1. The van der Waals surface area contributed by atoms with E-state index in [1.54, 1.807) is 17.0 Å². The number of rotatable bonds is 3. The van der Waals surface area contributed by atoms with Crippen molar-refractivity contribution in [3.05, 3.63) is 28.2 Å². The van der Waals surface area contributed by atoms with E-state index in [1.165, 1.54) is 0 Å². The lowest BCUT2D eigenvalue weighted by atomic mass is 9.99. The number of carbonyl (C=O) groups excluding carboxylic acids is 1. The predicted octanol–water partition coefficient (Wildman–Crippen LogP) is 2.53. The van der Waals surface area contributed by atoms with Crippen molar-refractivity contribution < 1.29 is 9.53 Å². The van der Waals surface area contributed by atoms with Crippen LogP contribution in [0.3, 0.4) is 0 Å². The molecule has 1 aromatic carbocycles. The van der Waals surface area contributed by atoms with Crippen LogP contribution in [0.15, 0.2) is 22.7 Å². The second-order valence-electron chi connectivity index (χ2n) is 4.97. The van der Waals surface area contributed by atoms with Gasteiger partial charge in [0.2, 0.25) is 0 Å². The molecule has 104 valence electrons. The van der Waals surface area contributed by atoms with E-state index in [9.17, 15) is 4.79 Å². The quantitative estimate of drug-likeness (QED) is 0.868. The number of amides is 1. The first-order valence-electron chi connectivity index (χ1n) is 6.46. The summed E-state index contributed by atoms with van der Waals surface area (Å²) in [5.41, 5.74) is 6.95. The first kappa shape index (κ1) is 14.3. The van der Waals surface area contributed by atoms with Gasteiger partial charge in [-0.1, -0.05) is 15.9 Å². The number of nitrogen functional groups attached to an aromatic ring is 1. The zero-order valence-electron chi connectivity index (χ0n) is 11.1. The fourth-order valence-electron chi connectivity index (χ4n) is 2.32. The van der Waals surface area contributed by atoms with Crippen molar-refractivity contribution in [3.63, 3.8) is 0 Å². The van der Waals surface area contributed by atoms with Crippen molar-refractivity contribution in [1.29, 1.82) is 0 Å². The predicted molar refractivity (Wildman–Crippen MR) is 79.1 cm³/mol. The third-order valence-electron chi connectivity index (χ3n) is 3.47. The van der Waals surface area contributed by atoms with Crippen molar-refractivity contribution in [3.8, 4) is 0 Å². The zero-order chi connectivity index (χ0) is 13.8. The van der Waals surface area contributed by atoms with Crippen molar-refractivity contribution in [2.45, 2.75) is 12.8 Å². The molecule has 1 aromatic rings. The Labute approximate surface area is 122 Å². The lowest BCUT2D eigenvalue weighted by molar-refractivity contribution is 0.0497. The second-order valence-corrected chi connectivity index (χ2v) is 5.89. The SMILES string of the molecule is CN(CC1CCOCC1)C(=O)c1cc(Br)ccc1N. The zero-order valence-corrected chi connectivity index (χ0v) is 12.6. The summed E-state index contributed by atoms with van der Waals surface area (Å²) in [7, 11) is 1.83. The third kappa shape index (κ3) is 3.70. The molecular weight excluding hydrogens is 308 g/mol. The minimum Gasteiger partial charge on any atom is -0.398 e. The number of anilines is 1. The van der Waals surface area contributed by atoms with Gasteiger partial charge in [-0.05, 0) is 37.0 Å². The topological polar surface area (TPSA) is 55.6 Å². The maximum atomic E-state index is 12.4. The minimum atomic E-state index is -0.0229. The first-order valence-corrected chi connectivity index (χ1v) is 7.25. The van der Waals surface area contributed by atoms with Gasteiger partial charge in [0.25, 0.3) is 5.91 Å². The Hall–Kier alpha value is -1.07. The molecule has 1 aliphatic heterocycles. The molecule has 19 heavy (non-hydrogen) atoms. The van der Waals surface area contributed by atoms with Crippen LogP contribution in [0.5, 0.6) is 0 Å². The van der Waals surface area contributed by atoms with E-state index in [-0.39, 0.29) is 5.91 Å². The monoisotopic (exact) mass is 326 g/mol. The summed E-state index contributed by atoms with van der Waals surface area (Å²) in [5, 5.41) is 0. The highest BCUT2D eigenvalue weighted by atomic mass is 79.9. The fourth-order valence-corrected chi connectivity index (χ4v) is 2.68. The maximum Gasteiger partial charge on any atom is 0.255 e. The van der Waals surface area contributed by atoms with Gasteiger partial charge < -0.3 is 15.4 Å². The second kappa shape index (κ2) is 6.39. The Morgan fingerprint density at radius 2 is 2.16 bits per heavy atom. The maximum absolute atomic E-state index is 12.4. The summed E-state index contributed by atoms with van der Waals surface area (Å²) in [6.07, 6.45) is 2.04. The summed E-state index contributed by atoms with van der Waals surface area (Å²) < 4.78 is 6.20. The molecule has 0 saturated carbocycles. The van der Waals surface area contributed by atoms with Crippen LogP contribution in [0.4, 0.5) is 5.69 Å². The van der Waals surface area contributed by atoms with Gasteiger partial charge >= 0.3 is 0 Å². The molecule has 4 nitrogen and oxygen atoms in total. The first-order chi connectivity index (χ1) is 9.08. The Balaban J connectivity index is 2.03. The molecule has 0 bridgehead atoms. The smallest absolute Gasteiger partial charge is 0.255 e. The molecule has 0 spiro atoms. The average Bonchev–Trinajstić information content (AvgIpc) is 2.42. The molecule has 2 N–H and O–H groups in total. The van der Waals surface area contributed by atoms with Crippen LogP contribution >= 0.6 is 15.9 Å². The largest absolute Gasteiger partial charge is 0.398 e. The molecule has 1 amide bonds. The van der Waals surface area contributed by atoms with Crippen LogP contribution in [-0.4, -0.2) is 37.6 Å². The highest BCUT2D eigenvalue weighted by Crippen LogP contribution is 2.21. The number of carbonyl (C=O) groups is 1. The van der Waals surface area contributed by atoms with E-state index in [0.29, 0.717) is 17.2 Å². The highest BCUT2D eigenvalue weighted by Gasteiger charge is 2.20. The molecule has 1 saturated heterocycles. The van der Waals surface area contributed by atoms with Crippen molar-refractivity contribution in [2.75, 3.05) is 32.5 Å². The van der Waals surface area contributed by atoms with Crippen LogP contribution in [0.1, 0.15) is 23.2 Å². The van der Waals surface area contributed by atoms with Gasteiger partial charge in [0.15, 0.2) is 0 Å². The summed E-state index contributed by atoms with van der Waals surface area (Å²) in [4.78, 5) is 14.1. The average molecular weight is 327 g/mol. The lowest BCUT2D eigenvalue weighted by Gasteiger charge is -2.27. The highest BCUT2D eigenvalue weighted by molar-refractivity contribution is 9.10. The number of halogens is 1. The number of benzene rings is 1. The number of nitrogens with zero attached hydrogens (tertiary/aromatic N) is 1. The van der Waals surface area contributed by atoms with Crippen LogP contribution < -0.4 is 5.73 Å². The molecule has 0 aliphatic carbocycles. The number of ether oxygens (including phenoxy) is 1. The van der Waals surface area contributed by atoms with Gasteiger partial charge in [0.1, 0.15) is 0 Å². The fraction of sp³-hybridized carbons (Fsp3) is 0.500. The molecular formula is C14H19BrN2O2. The van der Waals surface area contributed by atoms with Gasteiger partial charge in [-0.2, -0.15) is 0 Å². The van der Waals surface area contributed by atoms with Crippen LogP contribution in [0, 0.1) is 5.92 Å².